The molecule has 4 rings (SSSR count). The van der Waals surface area contributed by atoms with Crippen molar-refractivity contribution in [3.8, 4) is 0 Å². The number of fused-ring (bicyclic) bond motifs is 1. The van der Waals surface area contributed by atoms with Gasteiger partial charge in [0, 0.05) is 38.2 Å². The van der Waals surface area contributed by atoms with Crippen LogP contribution in [0.1, 0.15) is 57.1 Å². The predicted octanol–water partition coefficient (Wildman–Crippen LogP) is 4.19. The summed E-state index contributed by atoms with van der Waals surface area (Å²) in [6.07, 6.45) is 4.60. The van der Waals surface area contributed by atoms with Gasteiger partial charge in [0.05, 0.1) is 4.90 Å². The summed E-state index contributed by atoms with van der Waals surface area (Å²) >= 11 is 0. The summed E-state index contributed by atoms with van der Waals surface area (Å²) in [7, 11) is -3.63. The van der Waals surface area contributed by atoms with Crippen molar-refractivity contribution in [2.45, 2.75) is 69.9 Å². The van der Waals surface area contributed by atoms with Crippen molar-refractivity contribution < 1.29 is 18.0 Å². The Hall–Kier alpha value is -2.71. The molecule has 8 heteroatoms. The smallest absolute Gasteiger partial charge is 0.247 e. The zero-order valence-electron chi connectivity index (χ0n) is 20.6. The molecule has 35 heavy (non-hydrogen) atoms. The highest BCUT2D eigenvalue weighted by Gasteiger charge is 2.35. The molecule has 0 bridgehead atoms. The molecule has 1 unspecified atom stereocenters. The lowest BCUT2D eigenvalue weighted by Gasteiger charge is -2.36. The predicted molar refractivity (Wildman–Crippen MR) is 136 cm³/mol. The first-order valence-electron chi connectivity index (χ1n) is 12.5. The number of anilines is 1. The second kappa shape index (κ2) is 10.9. The lowest BCUT2D eigenvalue weighted by atomic mass is 9.92. The Morgan fingerprint density at radius 1 is 0.971 bits per heavy atom. The van der Waals surface area contributed by atoms with E-state index >= 15 is 0 Å². The van der Waals surface area contributed by atoms with Crippen molar-refractivity contribution in [2.75, 3.05) is 18.4 Å². The van der Waals surface area contributed by atoms with E-state index in [4.69, 9.17) is 0 Å². The van der Waals surface area contributed by atoms with E-state index in [0.29, 0.717) is 38.2 Å². The SMILES string of the molecule is CC(C)CC(=O)N1Cc2ccccc2CC1C(=O)Nc1cccc(S(=O)(=O)N2CCCCCC2)c1. The van der Waals surface area contributed by atoms with E-state index in [0.717, 1.165) is 36.8 Å². The molecular formula is C27H35N3O4S. The maximum absolute atomic E-state index is 13.4. The number of nitrogens with one attached hydrogen (secondary N) is 1. The summed E-state index contributed by atoms with van der Waals surface area (Å²) in [5, 5.41) is 2.89. The molecule has 0 aliphatic carbocycles. The number of sulfonamides is 1. The Balaban J connectivity index is 1.55. The maximum atomic E-state index is 13.4. The molecule has 0 saturated carbocycles. The molecule has 1 N–H and O–H groups in total. The fraction of sp³-hybridized carbons (Fsp3) is 0.481. The maximum Gasteiger partial charge on any atom is 0.247 e. The van der Waals surface area contributed by atoms with E-state index in [2.05, 4.69) is 5.32 Å². The standard InChI is InChI=1S/C27H35N3O4S/c1-20(2)16-26(31)30-19-22-11-6-5-10-21(22)17-25(30)27(32)28-23-12-9-13-24(18-23)35(33,34)29-14-7-3-4-8-15-29/h5-6,9-13,18,20,25H,3-4,7-8,14-17,19H2,1-2H3,(H,28,32). The van der Waals surface area contributed by atoms with Gasteiger partial charge in [-0.15, -0.1) is 0 Å². The van der Waals surface area contributed by atoms with Gasteiger partial charge in [-0.1, -0.05) is 57.0 Å². The molecule has 1 fully saturated rings. The Morgan fingerprint density at radius 3 is 2.34 bits per heavy atom. The first-order valence-corrected chi connectivity index (χ1v) is 14.0. The lowest BCUT2D eigenvalue weighted by molar-refractivity contribution is -0.140. The Labute approximate surface area is 208 Å². The number of carbonyl (C=O) groups excluding carboxylic acids is 2. The minimum absolute atomic E-state index is 0.0489. The van der Waals surface area contributed by atoms with Crippen LogP contribution in [0.3, 0.4) is 0 Å². The first-order chi connectivity index (χ1) is 16.8. The van der Waals surface area contributed by atoms with Crippen molar-refractivity contribution in [2.24, 2.45) is 5.92 Å². The van der Waals surface area contributed by atoms with Crippen molar-refractivity contribution in [3.05, 3.63) is 59.7 Å². The van der Waals surface area contributed by atoms with Crippen LogP contribution in [-0.2, 0) is 32.6 Å². The molecule has 2 aromatic rings. The first kappa shape index (κ1) is 25.4. The van der Waals surface area contributed by atoms with Gasteiger partial charge in [-0.2, -0.15) is 4.31 Å². The summed E-state index contributed by atoms with van der Waals surface area (Å²) in [5.74, 6) is -0.169. The van der Waals surface area contributed by atoms with E-state index in [1.54, 1.807) is 27.4 Å². The molecule has 0 spiro atoms. The summed E-state index contributed by atoms with van der Waals surface area (Å²) in [4.78, 5) is 28.3. The van der Waals surface area contributed by atoms with Crippen LogP contribution >= 0.6 is 0 Å². The monoisotopic (exact) mass is 497 g/mol. The number of rotatable bonds is 6. The van der Waals surface area contributed by atoms with Crippen molar-refractivity contribution in [3.63, 3.8) is 0 Å². The van der Waals surface area contributed by atoms with Crippen LogP contribution in [0.25, 0.3) is 0 Å². The molecular weight excluding hydrogens is 462 g/mol. The molecule has 2 aliphatic heterocycles. The summed E-state index contributed by atoms with van der Waals surface area (Å²) in [6, 6.07) is 13.7. The normalized spacial score (nSPS) is 19.2. The Kier molecular flexibility index (Phi) is 7.91. The minimum Gasteiger partial charge on any atom is -0.326 e. The number of nitrogens with zero attached hydrogens (tertiary/aromatic N) is 2. The van der Waals surface area contributed by atoms with E-state index in [-0.39, 0.29) is 22.6 Å². The quantitative estimate of drug-likeness (QED) is 0.648. The summed E-state index contributed by atoms with van der Waals surface area (Å²) in [5.41, 5.74) is 2.53. The van der Waals surface area contributed by atoms with Gasteiger partial charge in [-0.05, 0) is 48.1 Å². The van der Waals surface area contributed by atoms with Crippen LogP contribution in [0.5, 0.6) is 0 Å². The molecule has 1 atom stereocenters. The molecule has 0 radical (unpaired) electrons. The third-order valence-electron chi connectivity index (χ3n) is 6.76. The van der Waals surface area contributed by atoms with Gasteiger partial charge in [0.1, 0.15) is 6.04 Å². The molecule has 2 amide bonds. The minimum atomic E-state index is -3.63. The van der Waals surface area contributed by atoms with Crippen LogP contribution in [0.2, 0.25) is 0 Å². The third kappa shape index (κ3) is 5.93. The van der Waals surface area contributed by atoms with E-state index in [1.807, 2.05) is 38.1 Å². The molecule has 2 heterocycles. The van der Waals surface area contributed by atoms with Gasteiger partial charge in [-0.25, -0.2) is 8.42 Å². The van der Waals surface area contributed by atoms with Crippen molar-refractivity contribution >= 4 is 27.5 Å². The number of hydrogen-bond donors (Lipinski definition) is 1. The van der Waals surface area contributed by atoms with Crippen LogP contribution in [0.4, 0.5) is 5.69 Å². The highest BCUT2D eigenvalue weighted by atomic mass is 32.2. The number of hydrogen-bond acceptors (Lipinski definition) is 4. The van der Waals surface area contributed by atoms with Crippen LogP contribution in [0, 0.1) is 5.92 Å². The fourth-order valence-corrected chi connectivity index (χ4v) is 6.44. The summed E-state index contributed by atoms with van der Waals surface area (Å²) in [6.45, 7) is 5.41. The molecule has 188 valence electrons. The number of amides is 2. The highest BCUT2D eigenvalue weighted by Crippen LogP contribution is 2.27. The second-order valence-corrected chi connectivity index (χ2v) is 11.9. The zero-order valence-corrected chi connectivity index (χ0v) is 21.4. The fourth-order valence-electron chi connectivity index (χ4n) is 4.88. The van der Waals surface area contributed by atoms with Crippen molar-refractivity contribution in [1.82, 2.24) is 9.21 Å². The van der Waals surface area contributed by atoms with Gasteiger partial charge < -0.3 is 10.2 Å². The molecule has 2 aliphatic rings. The average molecular weight is 498 g/mol. The van der Waals surface area contributed by atoms with Gasteiger partial charge >= 0.3 is 0 Å². The third-order valence-corrected chi connectivity index (χ3v) is 8.65. The molecule has 1 saturated heterocycles. The Morgan fingerprint density at radius 2 is 1.66 bits per heavy atom. The second-order valence-electron chi connectivity index (χ2n) is 9.94. The topological polar surface area (TPSA) is 86.8 Å². The van der Waals surface area contributed by atoms with Gasteiger partial charge in [-0.3, -0.25) is 9.59 Å². The molecule has 2 aromatic carbocycles. The number of carbonyl (C=O) groups is 2. The Bertz CT molecular complexity index is 1170. The zero-order chi connectivity index (χ0) is 25.0. The van der Waals surface area contributed by atoms with E-state index in [9.17, 15) is 18.0 Å². The van der Waals surface area contributed by atoms with E-state index in [1.165, 1.54) is 6.07 Å². The molecule has 7 nitrogen and oxygen atoms in total. The summed E-state index contributed by atoms with van der Waals surface area (Å²) < 4.78 is 28.0. The van der Waals surface area contributed by atoms with Gasteiger partial charge in [0.2, 0.25) is 21.8 Å². The van der Waals surface area contributed by atoms with Crippen LogP contribution in [0.15, 0.2) is 53.4 Å². The van der Waals surface area contributed by atoms with Gasteiger partial charge in [0.25, 0.3) is 0 Å². The number of benzene rings is 2. The lowest BCUT2D eigenvalue weighted by Crippen LogP contribution is -2.50. The average Bonchev–Trinajstić information content (AvgIpc) is 3.13. The largest absolute Gasteiger partial charge is 0.326 e. The van der Waals surface area contributed by atoms with Crippen LogP contribution < -0.4 is 5.32 Å². The molecule has 0 aromatic heterocycles. The van der Waals surface area contributed by atoms with E-state index < -0.39 is 16.1 Å². The van der Waals surface area contributed by atoms with Crippen molar-refractivity contribution in [1.29, 1.82) is 0 Å². The van der Waals surface area contributed by atoms with Crippen LogP contribution in [-0.4, -0.2) is 48.6 Å². The highest BCUT2D eigenvalue weighted by molar-refractivity contribution is 7.89. The van der Waals surface area contributed by atoms with Gasteiger partial charge in [0.15, 0.2) is 0 Å².